The lowest BCUT2D eigenvalue weighted by Crippen LogP contribution is -2.14. The van der Waals surface area contributed by atoms with Gasteiger partial charge < -0.3 is 13.9 Å². The Morgan fingerprint density at radius 2 is 1.21 bits per heavy atom. The van der Waals surface area contributed by atoms with Crippen LogP contribution in [0.2, 0.25) is 0 Å². The highest BCUT2D eigenvalue weighted by atomic mass is 16.3. The Kier molecular flexibility index (Phi) is 6.39. The number of nitriles is 2. The van der Waals surface area contributed by atoms with Gasteiger partial charge in [0, 0.05) is 33.2 Å². The summed E-state index contributed by atoms with van der Waals surface area (Å²) in [5, 5.41) is 25.5. The molecule has 0 bridgehead atoms. The maximum absolute atomic E-state index is 10.7. The van der Waals surface area contributed by atoms with Crippen molar-refractivity contribution in [3.8, 4) is 17.8 Å². The Hall–Kier alpha value is -6.30. The molecule has 0 saturated heterocycles. The van der Waals surface area contributed by atoms with Crippen molar-refractivity contribution in [1.82, 2.24) is 4.57 Å². The largest absolute Gasteiger partial charge is 0.455 e. The van der Waals surface area contributed by atoms with E-state index in [1.54, 1.807) is 0 Å². The van der Waals surface area contributed by atoms with E-state index in [-0.39, 0.29) is 5.41 Å². The number of para-hydroxylation sites is 3. The lowest BCUT2D eigenvalue weighted by molar-refractivity contribution is 0.591. The van der Waals surface area contributed by atoms with E-state index in [4.69, 9.17) is 4.42 Å². The molecule has 0 radical (unpaired) electrons. The van der Waals surface area contributed by atoms with Crippen molar-refractivity contribution in [2.24, 2.45) is 0 Å². The van der Waals surface area contributed by atoms with E-state index in [1.165, 1.54) is 5.56 Å². The van der Waals surface area contributed by atoms with Crippen LogP contribution in [0, 0.1) is 22.7 Å². The molecule has 0 aliphatic heterocycles. The Morgan fingerprint density at radius 3 is 1.83 bits per heavy atom. The molecule has 8 rings (SSSR count). The minimum absolute atomic E-state index is 0.0632. The average Bonchev–Trinajstić information content (AvgIpc) is 3.64. The van der Waals surface area contributed by atoms with Crippen LogP contribution >= 0.6 is 0 Å². The van der Waals surface area contributed by atoms with Crippen LogP contribution < -0.4 is 4.90 Å². The van der Waals surface area contributed by atoms with Gasteiger partial charge >= 0.3 is 0 Å². The predicted molar refractivity (Wildman–Crippen MR) is 191 cm³/mol. The van der Waals surface area contributed by atoms with E-state index in [0.29, 0.717) is 16.8 Å². The van der Waals surface area contributed by atoms with Crippen LogP contribution in [-0.2, 0) is 5.41 Å². The molecule has 0 N–H and O–H groups in total. The maximum atomic E-state index is 10.7. The summed E-state index contributed by atoms with van der Waals surface area (Å²) in [6.07, 6.45) is 0. The van der Waals surface area contributed by atoms with E-state index in [0.717, 1.165) is 60.8 Å². The van der Waals surface area contributed by atoms with E-state index >= 15 is 0 Å². The highest BCUT2D eigenvalue weighted by Crippen LogP contribution is 2.44. The molecular weight excluding hydrogens is 576 g/mol. The molecule has 0 atom stereocenters. The molecule has 2 aromatic heterocycles. The number of rotatable bonds is 4. The lowest BCUT2D eigenvalue weighted by atomic mass is 9.86. The standard InChI is InChI=1S/C42H30N4O/c1-42(2,3)29-18-20-36-35(24-29)39-37(21-19-34-33-16-10-11-17-38(33)47-41(34)39)46(36)32-22-27(25-43)40(28(23-32)26-44)45(30-12-6-4-7-13-30)31-14-8-5-9-15-31/h4-24H,1-3H3. The summed E-state index contributed by atoms with van der Waals surface area (Å²) in [6, 6.07) is 47.3. The van der Waals surface area contributed by atoms with Gasteiger partial charge in [0.1, 0.15) is 23.3 Å². The topological polar surface area (TPSA) is 68.9 Å². The Labute approximate surface area is 272 Å². The molecule has 2 heterocycles. The first kappa shape index (κ1) is 28.2. The molecule has 0 fully saturated rings. The maximum Gasteiger partial charge on any atom is 0.145 e. The van der Waals surface area contributed by atoms with Crippen LogP contribution in [-0.4, -0.2) is 4.57 Å². The van der Waals surface area contributed by atoms with Crippen molar-refractivity contribution in [2.75, 3.05) is 4.90 Å². The zero-order valence-electron chi connectivity index (χ0n) is 26.3. The zero-order valence-corrected chi connectivity index (χ0v) is 26.3. The van der Waals surface area contributed by atoms with Crippen LogP contribution in [0.4, 0.5) is 17.1 Å². The first-order valence-corrected chi connectivity index (χ1v) is 15.6. The molecule has 0 spiro atoms. The number of furan rings is 1. The second-order valence-corrected chi connectivity index (χ2v) is 12.9. The van der Waals surface area contributed by atoms with Crippen molar-refractivity contribution >= 4 is 60.8 Å². The van der Waals surface area contributed by atoms with Crippen LogP contribution in [0.15, 0.2) is 132 Å². The molecule has 0 unspecified atom stereocenters. The summed E-state index contributed by atoms with van der Waals surface area (Å²) in [5.41, 5.74) is 8.55. The van der Waals surface area contributed by atoms with Crippen LogP contribution in [0.25, 0.3) is 49.4 Å². The summed E-state index contributed by atoms with van der Waals surface area (Å²) in [5.74, 6) is 0. The second kappa shape index (κ2) is 10.7. The number of benzene rings is 6. The summed E-state index contributed by atoms with van der Waals surface area (Å²) in [7, 11) is 0. The molecule has 0 aliphatic rings. The van der Waals surface area contributed by atoms with Gasteiger partial charge in [-0.15, -0.1) is 0 Å². The number of hydrogen-bond acceptors (Lipinski definition) is 4. The fraction of sp³-hybridized carbons (Fsp3) is 0.0952. The van der Waals surface area contributed by atoms with Gasteiger partial charge in [-0.3, -0.25) is 0 Å². The zero-order chi connectivity index (χ0) is 32.3. The molecule has 0 amide bonds. The van der Waals surface area contributed by atoms with Gasteiger partial charge in [0.05, 0.1) is 33.2 Å². The van der Waals surface area contributed by atoms with Gasteiger partial charge in [-0.05, 0) is 77.7 Å². The van der Waals surface area contributed by atoms with Crippen molar-refractivity contribution in [1.29, 1.82) is 10.5 Å². The molecule has 5 heteroatoms. The normalized spacial score (nSPS) is 11.7. The third-order valence-electron chi connectivity index (χ3n) is 8.98. The molecule has 0 aliphatic carbocycles. The van der Waals surface area contributed by atoms with Crippen molar-refractivity contribution in [2.45, 2.75) is 26.2 Å². The second-order valence-electron chi connectivity index (χ2n) is 12.9. The number of anilines is 3. The van der Waals surface area contributed by atoms with Crippen molar-refractivity contribution in [3.05, 3.63) is 144 Å². The predicted octanol–water partition coefficient (Wildman–Crippen LogP) is 11.2. The minimum atomic E-state index is -0.0632. The molecular formula is C42H30N4O. The molecule has 6 aromatic carbocycles. The van der Waals surface area contributed by atoms with Gasteiger partial charge in [-0.1, -0.05) is 81.4 Å². The smallest absolute Gasteiger partial charge is 0.145 e. The summed E-state index contributed by atoms with van der Waals surface area (Å²) >= 11 is 0. The summed E-state index contributed by atoms with van der Waals surface area (Å²) in [4.78, 5) is 1.99. The lowest BCUT2D eigenvalue weighted by Gasteiger charge is -2.27. The fourth-order valence-electron chi connectivity index (χ4n) is 6.75. The molecule has 0 saturated carbocycles. The van der Waals surface area contributed by atoms with Crippen molar-refractivity contribution in [3.63, 3.8) is 0 Å². The molecule has 8 aromatic rings. The molecule has 47 heavy (non-hydrogen) atoms. The number of fused-ring (bicyclic) bond motifs is 7. The van der Waals surface area contributed by atoms with Gasteiger partial charge in [-0.2, -0.15) is 10.5 Å². The molecule has 5 nitrogen and oxygen atoms in total. The van der Waals surface area contributed by atoms with E-state index in [1.807, 2.05) is 95.9 Å². The Bertz CT molecular complexity index is 2500. The molecule has 224 valence electrons. The summed E-state index contributed by atoms with van der Waals surface area (Å²) in [6.45, 7) is 6.64. The fourth-order valence-corrected chi connectivity index (χ4v) is 6.75. The van der Waals surface area contributed by atoms with Gasteiger partial charge in [-0.25, -0.2) is 0 Å². The number of hydrogen-bond donors (Lipinski definition) is 0. The Balaban J connectivity index is 1.45. The summed E-state index contributed by atoms with van der Waals surface area (Å²) < 4.78 is 8.72. The number of nitrogens with zero attached hydrogens (tertiary/aromatic N) is 4. The average molecular weight is 607 g/mol. The quantitative estimate of drug-likeness (QED) is 0.200. The third kappa shape index (κ3) is 4.44. The van der Waals surface area contributed by atoms with Gasteiger partial charge in [0.25, 0.3) is 0 Å². The van der Waals surface area contributed by atoms with Crippen LogP contribution in [0.5, 0.6) is 0 Å². The van der Waals surface area contributed by atoms with Crippen LogP contribution in [0.3, 0.4) is 0 Å². The first-order valence-electron chi connectivity index (χ1n) is 15.6. The number of aromatic nitrogens is 1. The minimum Gasteiger partial charge on any atom is -0.455 e. The highest BCUT2D eigenvalue weighted by Gasteiger charge is 2.25. The Morgan fingerprint density at radius 1 is 0.617 bits per heavy atom. The van der Waals surface area contributed by atoms with Crippen LogP contribution in [0.1, 0.15) is 37.5 Å². The van der Waals surface area contributed by atoms with E-state index < -0.39 is 0 Å². The van der Waals surface area contributed by atoms with Gasteiger partial charge in [0.2, 0.25) is 0 Å². The van der Waals surface area contributed by atoms with Crippen molar-refractivity contribution < 1.29 is 4.42 Å². The first-order chi connectivity index (χ1) is 22.9. The van der Waals surface area contributed by atoms with E-state index in [9.17, 15) is 10.5 Å². The SMILES string of the molecule is CC(C)(C)c1ccc2c(c1)c1c3oc4ccccc4c3ccc1n2-c1cc(C#N)c(N(c2ccccc2)c2ccccc2)c(C#N)c1. The third-order valence-corrected chi connectivity index (χ3v) is 8.98. The highest BCUT2D eigenvalue weighted by molar-refractivity contribution is 6.24. The monoisotopic (exact) mass is 606 g/mol. The van der Waals surface area contributed by atoms with E-state index in [2.05, 4.69) is 73.9 Å². The van der Waals surface area contributed by atoms with Gasteiger partial charge in [0.15, 0.2) is 0 Å².